The summed E-state index contributed by atoms with van der Waals surface area (Å²) < 4.78 is 5.40. The molecule has 3 aromatic rings. The third-order valence-electron chi connectivity index (χ3n) is 3.99. The molecule has 0 radical (unpaired) electrons. The molecule has 0 bridgehead atoms. The number of methoxy groups -OCH3 is 1. The maximum Gasteiger partial charge on any atom is 0.254 e. The lowest BCUT2D eigenvalue weighted by Gasteiger charge is -2.26. The Morgan fingerprint density at radius 2 is 1.79 bits per heavy atom. The van der Waals surface area contributed by atoms with Crippen LogP contribution in [-0.2, 0) is 15.1 Å². The number of carbonyl (C=O) groups is 1. The molecular formula is C19H21N3O2. The molecule has 2 aromatic carbocycles. The van der Waals surface area contributed by atoms with E-state index in [0.717, 1.165) is 16.6 Å². The fourth-order valence-electron chi connectivity index (χ4n) is 2.70. The van der Waals surface area contributed by atoms with Crippen LogP contribution in [0.2, 0.25) is 0 Å². The Kier molecular flexibility index (Phi) is 4.36. The van der Waals surface area contributed by atoms with Gasteiger partial charge in [0.1, 0.15) is 5.82 Å². The van der Waals surface area contributed by atoms with Crippen molar-refractivity contribution in [3.8, 4) is 0 Å². The molecule has 0 unspecified atom stereocenters. The average Bonchev–Trinajstić information content (AvgIpc) is 3.01. The number of aromatic nitrogens is 2. The van der Waals surface area contributed by atoms with Gasteiger partial charge >= 0.3 is 0 Å². The first kappa shape index (κ1) is 16.2. The van der Waals surface area contributed by atoms with Gasteiger partial charge in [0.15, 0.2) is 6.10 Å². The second-order valence-electron chi connectivity index (χ2n) is 6.24. The van der Waals surface area contributed by atoms with Gasteiger partial charge in [-0.2, -0.15) is 0 Å². The molecule has 24 heavy (non-hydrogen) atoms. The van der Waals surface area contributed by atoms with Gasteiger partial charge in [0, 0.05) is 7.11 Å². The smallest absolute Gasteiger partial charge is 0.254 e. The maximum atomic E-state index is 12.7. The van der Waals surface area contributed by atoms with Crippen LogP contribution in [0.1, 0.15) is 31.3 Å². The molecule has 0 spiro atoms. The van der Waals surface area contributed by atoms with Crippen LogP contribution in [0.4, 0.5) is 0 Å². The minimum atomic E-state index is -0.658. The monoisotopic (exact) mass is 323 g/mol. The number of amides is 1. The molecule has 3 rings (SSSR count). The van der Waals surface area contributed by atoms with Gasteiger partial charge < -0.3 is 15.0 Å². The number of rotatable bonds is 5. The predicted octanol–water partition coefficient (Wildman–Crippen LogP) is 3.30. The van der Waals surface area contributed by atoms with Crippen molar-refractivity contribution in [2.24, 2.45) is 0 Å². The number of imidazole rings is 1. The number of H-pyrrole nitrogens is 1. The summed E-state index contributed by atoms with van der Waals surface area (Å²) in [4.78, 5) is 20.6. The first-order valence-electron chi connectivity index (χ1n) is 7.86. The summed E-state index contributed by atoms with van der Waals surface area (Å²) >= 11 is 0. The average molecular weight is 323 g/mol. The van der Waals surface area contributed by atoms with E-state index >= 15 is 0 Å². The standard InChI is InChI=1S/C19H21N3O2/c1-19(2,18-20-14-11-7-8-12-15(14)21-18)22-17(23)16(24-3)13-9-5-4-6-10-13/h4-12,16H,1-3H3,(H,20,21)(H,22,23)/t16-/m1/s1. The fourth-order valence-corrected chi connectivity index (χ4v) is 2.70. The van der Waals surface area contributed by atoms with Crippen LogP contribution in [0.25, 0.3) is 11.0 Å². The molecular weight excluding hydrogens is 302 g/mol. The SMILES string of the molecule is CO[C@@H](C(=O)NC(C)(C)c1nc2ccccc2[nH]1)c1ccccc1. The lowest BCUT2D eigenvalue weighted by Crippen LogP contribution is -2.44. The Hall–Kier alpha value is -2.66. The lowest BCUT2D eigenvalue weighted by atomic mass is 10.0. The fraction of sp³-hybridized carbons (Fsp3) is 0.263. The quantitative estimate of drug-likeness (QED) is 0.757. The highest BCUT2D eigenvalue weighted by Gasteiger charge is 2.30. The molecule has 124 valence electrons. The summed E-state index contributed by atoms with van der Waals surface area (Å²) in [7, 11) is 1.53. The molecule has 5 heteroatoms. The van der Waals surface area contributed by atoms with E-state index in [9.17, 15) is 4.79 Å². The van der Waals surface area contributed by atoms with E-state index in [1.54, 1.807) is 0 Å². The normalized spacial score (nSPS) is 13.0. The van der Waals surface area contributed by atoms with Gasteiger partial charge in [-0.25, -0.2) is 4.98 Å². The number of ether oxygens (including phenoxy) is 1. The Morgan fingerprint density at radius 3 is 2.46 bits per heavy atom. The molecule has 1 amide bonds. The molecule has 0 aliphatic heterocycles. The van der Waals surface area contributed by atoms with Gasteiger partial charge in [-0.05, 0) is 31.5 Å². The van der Waals surface area contributed by atoms with Gasteiger partial charge in [0.05, 0.1) is 16.6 Å². The van der Waals surface area contributed by atoms with E-state index in [2.05, 4.69) is 15.3 Å². The van der Waals surface area contributed by atoms with Crippen LogP contribution in [0.5, 0.6) is 0 Å². The number of para-hydroxylation sites is 2. The van der Waals surface area contributed by atoms with E-state index in [1.165, 1.54) is 7.11 Å². The summed E-state index contributed by atoms with van der Waals surface area (Å²) in [6, 6.07) is 17.2. The van der Waals surface area contributed by atoms with Crippen LogP contribution >= 0.6 is 0 Å². The van der Waals surface area contributed by atoms with Crippen molar-refractivity contribution in [1.29, 1.82) is 0 Å². The first-order valence-corrected chi connectivity index (χ1v) is 7.86. The third-order valence-corrected chi connectivity index (χ3v) is 3.99. The number of fused-ring (bicyclic) bond motifs is 1. The number of hydrogen-bond donors (Lipinski definition) is 2. The van der Waals surface area contributed by atoms with Gasteiger partial charge in [-0.1, -0.05) is 42.5 Å². The first-order chi connectivity index (χ1) is 11.5. The zero-order chi connectivity index (χ0) is 17.2. The van der Waals surface area contributed by atoms with Crippen LogP contribution in [0.3, 0.4) is 0 Å². The summed E-state index contributed by atoms with van der Waals surface area (Å²) in [6.07, 6.45) is -0.658. The minimum absolute atomic E-state index is 0.200. The van der Waals surface area contributed by atoms with E-state index in [1.807, 2.05) is 68.4 Å². The number of benzene rings is 2. The van der Waals surface area contributed by atoms with E-state index < -0.39 is 11.6 Å². The molecule has 2 N–H and O–H groups in total. The summed E-state index contributed by atoms with van der Waals surface area (Å²) in [5.41, 5.74) is 1.99. The maximum absolute atomic E-state index is 12.7. The number of carbonyl (C=O) groups excluding carboxylic acids is 1. The highest BCUT2D eigenvalue weighted by molar-refractivity contribution is 5.83. The van der Waals surface area contributed by atoms with Crippen LogP contribution in [0.15, 0.2) is 54.6 Å². The van der Waals surface area contributed by atoms with Crippen LogP contribution < -0.4 is 5.32 Å². The minimum Gasteiger partial charge on any atom is -0.367 e. The van der Waals surface area contributed by atoms with Crippen molar-refractivity contribution in [3.05, 3.63) is 66.0 Å². The summed E-state index contributed by atoms with van der Waals surface area (Å²) in [6.45, 7) is 3.83. The molecule has 1 aromatic heterocycles. The zero-order valence-corrected chi connectivity index (χ0v) is 14.0. The van der Waals surface area contributed by atoms with Crippen molar-refractivity contribution in [3.63, 3.8) is 0 Å². The zero-order valence-electron chi connectivity index (χ0n) is 14.0. The number of hydrogen-bond acceptors (Lipinski definition) is 3. The topological polar surface area (TPSA) is 67.0 Å². The van der Waals surface area contributed by atoms with Crippen LogP contribution in [0, 0.1) is 0 Å². The van der Waals surface area contributed by atoms with Crippen molar-refractivity contribution in [1.82, 2.24) is 15.3 Å². The van der Waals surface area contributed by atoms with Gasteiger partial charge in [0.2, 0.25) is 0 Å². The molecule has 1 atom stereocenters. The highest BCUT2D eigenvalue weighted by Crippen LogP contribution is 2.23. The Balaban J connectivity index is 1.83. The van der Waals surface area contributed by atoms with Crippen molar-refractivity contribution in [2.75, 3.05) is 7.11 Å². The number of nitrogens with zero attached hydrogens (tertiary/aromatic N) is 1. The molecule has 0 aliphatic rings. The predicted molar refractivity (Wildman–Crippen MR) is 93.5 cm³/mol. The molecule has 5 nitrogen and oxygen atoms in total. The number of nitrogens with one attached hydrogen (secondary N) is 2. The second kappa shape index (κ2) is 6.45. The Labute approximate surface area is 141 Å². The van der Waals surface area contributed by atoms with E-state index in [4.69, 9.17) is 4.74 Å². The largest absolute Gasteiger partial charge is 0.367 e. The van der Waals surface area contributed by atoms with E-state index in [0.29, 0.717) is 5.82 Å². The summed E-state index contributed by atoms with van der Waals surface area (Å²) in [5, 5.41) is 3.03. The van der Waals surface area contributed by atoms with Gasteiger partial charge in [-0.15, -0.1) is 0 Å². The Morgan fingerprint density at radius 1 is 1.12 bits per heavy atom. The molecule has 0 aliphatic carbocycles. The van der Waals surface area contributed by atoms with Crippen LogP contribution in [-0.4, -0.2) is 23.0 Å². The van der Waals surface area contributed by atoms with Crippen molar-refractivity contribution >= 4 is 16.9 Å². The second-order valence-corrected chi connectivity index (χ2v) is 6.24. The van der Waals surface area contributed by atoms with Gasteiger partial charge in [0.25, 0.3) is 5.91 Å². The molecule has 0 fully saturated rings. The lowest BCUT2D eigenvalue weighted by molar-refractivity contribution is -0.133. The van der Waals surface area contributed by atoms with E-state index in [-0.39, 0.29) is 5.91 Å². The third kappa shape index (κ3) is 3.16. The van der Waals surface area contributed by atoms with Gasteiger partial charge in [-0.3, -0.25) is 4.79 Å². The molecule has 0 saturated heterocycles. The number of aromatic amines is 1. The Bertz CT molecular complexity index is 807. The highest BCUT2D eigenvalue weighted by atomic mass is 16.5. The van der Waals surface area contributed by atoms with Crippen molar-refractivity contribution in [2.45, 2.75) is 25.5 Å². The molecule has 0 saturated carbocycles. The van der Waals surface area contributed by atoms with Crippen molar-refractivity contribution < 1.29 is 9.53 Å². The summed E-state index contributed by atoms with van der Waals surface area (Å²) in [5.74, 6) is 0.508. The molecule has 1 heterocycles.